The number of aliphatic hydroxyl groups excluding tert-OH is 1. The summed E-state index contributed by atoms with van der Waals surface area (Å²) in [6, 6.07) is 3.37. The highest BCUT2D eigenvalue weighted by atomic mass is 16.3. The lowest BCUT2D eigenvalue weighted by Crippen LogP contribution is -1.96. The van der Waals surface area contributed by atoms with Gasteiger partial charge in [-0.05, 0) is 43.5 Å². The van der Waals surface area contributed by atoms with E-state index < -0.39 is 6.10 Å². The van der Waals surface area contributed by atoms with Gasteiger partial charge in [0, 0.05) is 0 Å². The first kappa shape index (κ1) is 9.07. The van der Waals surface area contributed by atoms with Crippen LogP contribution in [0.25, 0.3) is 0 Å². The zero-order chi connectivity index (χ0) is 9.30. The molecule has 0 fully saturated rings. The first-order valence-electron chi connectivity index (χ1n) is 4.01. The van der Waals surface area contributed by atoms with Crippen LogP contribution in [0.5, 0.6) is 5.75 Å². The summed E-state index contributed by atoms with van der Waals surface area (Å²) in [6.45, 7) is 5.46. The van der Waals surface area contributed by atoms with E-state index in [1.165, 1.54) is 0 Å². The van der Waals surface area contributed by atoms with Crippen molar-refractivity contribution in [2.45, 2.75) is 26.9 Å². The molecule has 66 valence electrons. The van der Waals surface area contributed by atoms with Gasteiger partial charge in [0.05, 0.1) is 6.10 Å². The molecule has 0 aromatic heterocycles. The number of aliphatic hydroxyl groups is 1. The van der Waals surface area contributed by atoms with Crippen LogP contribution in [-0.2, 0) is 0 Å². The fourth-order valence-electron chi connectivity index (χ4n) is 1.28. The predicted octanol–water partition coefficient (Wildman–Crippen LogP) is 2.06. The maximum Gasteiger partial charge on any atom is 0.118 e. The van der Waals surface area contributed by atoms with E-state index in [0.29, 0.717) is 0 Å². The molecule has 0 aliphatic rings. The van der Waals surface area contributed by atoms with E-state index >= 15 is 0 Å². The lowest BCUT2D eigenvalue weighted by Gasteiger charge is -2.11. The predicted molar refractivity (Wildman–Crippen MR) is 48.2 cm³/mol. The summed E-state index contributed by atoms with van der Waals surface area (Å²) < 4.78 is 0. The van der Waals surface area contributed by atoms with Crippen molar-refractivity contribution in [2.75, 3.05) is 0 Å². The van der Waals surface area contributed by atoms with Gasteiger partial charge >= 0.3 is 0 Å². The average molecular weight is 166 g/mol. The summed E-state index contributed by atoms with van der Waals surface area (Å²) in [7, 11) is 0. The Bertz CT molecular complexity index is 290. The molecule has 1 unspecified atom stereocenters. The Morgan fingerprint density at radius 1 is 1.17 bits per heavy atom. The van der Waals surface area contributed by atoms with Crippen LogP contribution in [-0.4, -0.2) is 10.2 Å². The minimum Gasteiger partial charge on any atom is -0.508 e. The molecule has 1 aromatic rings. The van der Waals surface area contributed by atoms with Crippen LogP contribution in [0.3, 0.4) is 0 Å². The quantitative estimate of drug-likeness (QED) is 0.670. The van der Waals surface area contributed by atoms with E-state index in [0.717, 1.165) is 16.7 Å². The molecule has 0 spiro atoms. The summed E-state index contributed by atoms with van der Waals surface area (Å²) in [4.78, 5) is 0. The fraction of sp³-hybridized carbons (Fsp3) is 0.400. The van der Waals surface area contributed by atoms with Gasteiger partial charge in [0.25, 0.3) is 0 Å². The summed E-state index contributed by atoms with van der Waals surface area (Å²) in [5, 5.41) is 18.7. The molecule has 2 nitrogen and oxygen atoms in total. The molecule has 12 heavy (non-hydrogen) atoms. The third kappa shape index (κ3) is 1.43. The second-order valence-electron chi connectivity index (χ2n) is 3.10. The van der Waals surface area contributed by atoms with Gasteiger partial charge in [0.2, 0.25) is 0 Å². The van der Waals surface area contributed by atoms with Crippen molar-refractivity contribution in [3.05, 3.63) is 28.8 Å². The Balaban J connectivity index is 3.27. The van der Waals surface area contributed by atoms with Gasteiger partial charge in [-0.25, -0.2) is 0 Å². The van der Waals surface area contributed by atoms with Crippen molar-refractivity contribution in [3.63, 3.8) is 0 Å². The van der Waals surface area contributed by atoms with E-state index in [1.807, 2.05) is 13.8 Å². The van der Waals surface area contributed by atoms with E-state index in [-0.39, 0.29) is 5.75 Å². The molecule has 0 aliphatic carbocycles. The van der Waals surface area contributed by atoms with Gasteiger partial charge in [-0.15, -0.1) is 0 Å². The molecule has 2 N–H and O–H groups in total. The number of phenolic OH excluding ortho intramolecular Hbond substituents is 1. The van der Waals surface area contributed by atoms with Crippen LogP contribution in [0.4, 0.5) is 0 Å². The summed E-state index contributed by atoms with van der Waals surface area (Å²) in [6.07, 6.45) is -0.468. The van der Waals surface area contributed by atoms with Crippen LogP contribution in [0, 0.1) is 13.8 Å². The van der Waals surface area contributed by atoms with E-state index in [9.17, 15) is 10.2 Å². The minimum atomic E-state index is -0.468. The Morgan fingerprint density at radius 3 is 2.25 bits per heavy atom. The van der Waals surface area contributed by atoms with Crippen LogP contribution < -0.4 is 0 Å². The molecule has 1 aromatic carbocycles. The number of phenols is 1. The van der Waals surface area contributed by atoms with Gasteiger partial charge in [0.1, 0.15) is 5.75 Å². The third-order valence-corrected chi connectivity index (χ3v) is 2.25. The fourth-order valence-corrected chi connectivity index (χ4v) is 1.28. The molecular weight excluding hydrogens is 152 g/mol. The first-order valence-corrected chi connectivity index (χ1v) is 4.01. The van der Waals surface area contributed by atoms with Gasteiger partial charge in [-0.1, -0.05) is 6.07 Å². The van der Waals surface area contributed by atoms with Crippen LogP contribution in [0.1, 0.15) is 29.7 Å². The van der Waals surface area contributed by atoms with Crippen molar-refractivity contribution in [3.8, 4) is 5.75 Å². The first-order chi connectivity index (χ1) is 5.54. The normalized spacial score (nSPS) is 13.0. The lowest BCUT2D eigenvalue weighted by atomic mass is 9.99. The highest BCUT2D eigenvalue weighted by Gasteiger charge is 2.08. The number of hydrogen-bond acceptors (Lipinski definition) is 2. The number of benzene rings is 1. The molecule has 0 saturated heterocycles. The number of aromatic hydroxyl groups is 1. The Labute approximate surface area is 72.5 Å². The zero-order valence-electron chi connectivity index (χ0n) is 7.63. The van der Waals surface area contributed by atoms with Crippen molar-refractivity contribution in [2.24, 2.45) is 0 Å². The highest BCUT2D eigenvalue weighted by molar-refractivity contribution is 5.43. The second kappa shape index (κ2) is 3.15. The van der Waals surface area contributed by atoms with E-state index in [4.69, 9.17) is 0 Å². The standard InChI is InChI=1S/C10H14O2/c1-6-7(2)10(12)5-4-9(6)8(3)11/h4-5,8,11-12H,1-3H3. The van der Waals surface area contributed by atoms with Crippen LogP contribution in [0.15, 0.2) is 12.1 Å². The molecule has 0 amide bonds. The topological polar surface area (TPSA) is 40.5 Å². The van der Waals surface area contributed by atoms with Gasteiger partial charge in [-0.3, -0.25) is 0 Å². The second-order valence-corrected chi connectivity index (χ2v) is 3.10. The zero-order valence-corrected chi connectivity index (χ0v) is 7.63. The average Bonchev–Trinajstić information content (AvgIpc) is 2.00. The van der Waals surface area contributed by atoms with E-state index in [2.05, 4.69) is 0 Å². The third-order valence-electron chi connectivity index (χ3n) is 2.25. The van der Waals surface area contributed by atoms with Gasteiger partial charge in [0.15, 0.2) is 0 Å². The van der Waals surface area contributed by atoms with E-state index in [1.54, 1.807) is 19.1 Å². The Morgan fingerprint density at radius 2 is 1.75 bits per heavy atom. The molecule has 0 heterocycles. The Hall–Kier alpha value is -1.02. The maximum absolute atomic E-state index is 9.34. The maximum atomic E-state index is 9.34. The molecule has 0 bridgehead atoms. The molecule has 1 rings (SSSR count). The van der Waals surface area contributed by atoms with Crippen molar-refractivity contribution in [1.82, 2.24) is 0 Å². The molecule has 0 radical (unpaired) electrons. The van der Waals surface area contributed by atoms with Crippen LogP contribution >= 0.6 is 0 Å². The van der Waals surface area contributed by atoms with Crippen LogP contribution in [0.2, 0.25) is 0 Å². The number of hydrogen-bond donors (Lipinski definition) is 2. The highest BCUT2D eigenvalue weighted by Crippen LogP contribution is 2.26. The molecule has 2 heteroatoms. The summed E-state index contributed by atoms with van der Waals surface area (Å²) in [5.41, 5.74) is 2.68. The largest absolute Gasteiger partial charge is 0.508 e. The molecular formula is C10H14O2. The smallest absolute Gasteiger partial charge is 0.118 e. The molecule has 0 aliphatic heterocycles. The SMILES string of the molecule is Cc1c(O)ccc(C(C)O)c1C. The van der Waals surface area contributed by atoms with Gasteiger partial charge < -0.3 is 10.2 Å². The van der Waals surface area contributed by atoms with Crippen molar-refractivity contribution in [1.29, 1.82) is 0 Å². The summed E-state index contributed by atoms with van der Waals surface area (Å²) in [5.74, 6) is 0.289. The lowest BCUT2D eigenvalue weighted by molar-refractivity contribution is 0.198. The Kier molecular flexibility index (Phi) is 2.38. The minimum absolute atomic E-state index is 0.289. The van der Waals surface area contributed by atoms with Gasteiger partial charge in [-0.2, -0.15) is 0 Å². The number of rotatable bonds is 1. The van der Waals surface area contributed by atoms with Crippen molar-refractivity contribution >= 4 is 0 Å². The molecule has 0 saturated carbocycles. The molecule has 1 atom stereocenters. The monoisotopic (exact) mass is 166 g/mol. The van der Waals surface area contributed by atoms with Crippen molar-refractivity contribution < 1.29 is 10.2 Å². The summed E-state index contributed by atoms with van der Waals surface area (Å²) >= 11 is 0.